The van der Waals surface area contributed by atoms with E-state index in [0.29, 0.717) is 31.9 Å². The largest absolute Gasteiger partial charge is 0.387 e. The van der Waals surface area contributed by atoms with E-state index in [1.54, 1.807) is 7.05 Å². The van der Waals surface area contributed by atoms with Gasteiger partial charge in [-0.1, -0.05) is 43.2 Å². The Morgan fingerprint density at radius 1 is 1.20 bits per heavy atom. The summed E-state index contributed by atoms with van der Waals surface area (Å²) < 4.78 is 1.51. The molecule has 1 aromatic heterocycles. The third kappa shape index (κ3) is 4.43. The van der Waals surface area contributed by atoms with Gasteiger partial charge in [-0.2, -0.15) is 0 Å². The quantitative estimate of drug-likeness (QED) is 0.619. The number of rotatable bonds is 4. The number of carbonyl (C=O) groups excluding carboxylic acids is 1. The number of hydrogen-bond acceptors (Lipinski definition) is 6. The van der Waals surface area contributed by atoms with E-state index in [1.165, 1.54) is 17.0 Å². The summed E-state index contributed by atoms with van der Waals surface area (Å²) in [6.45, 7) is 3.35. The number of anilines is 1. The van der Waals surface area contributed by atoms with Gasteiger partial charge in [-0.3, -0.25) is 9.36 Å². The lowest BCUT2D eigenvalue weighted by molar-refractivity contribution is -0.137. The first-order chi connectivity index (χ1) is 16.9. The van der Waals surface area contributed by atoms with E-state index in [2.05, 4.69) is 27.8 Å². The topological polar surface area (TPSA) is 103 Å². The number of piperidine rings is 1. The van der Waals surface area contributed by atoms with Crippen LogP contribution in [0.3, 0.4) is 0 Å². The van der Waals surface area contributed by atoms with Crippen molar-refractivity contribution in [3.63, 3.8) is 0 Å². The van der Waals surface area contributed by atoms with Crippen LogP contribution in [-0.2, 0) is 6.54 Å². The van der Waals surface area contributed by atoms with Crippen molar-refractivity contribution < 1.29 is 9.90 Å². The molecule has 9 heteroatoms. The van der Waals surface area contributed by atoms with E-state index in [4.69, 9.17) is 0 Å². The van der Waals surface area contributed by atoms with Crippen LogP contribution in [0.5, 0.6) is 0 Å². The van der Waals surface area contributed by atoms with Crippen molar-refractivity contribution in [2.24, 2.45) is 5.41 Å². The summed E-state index contributed by atoms with van der Waals surface area (Å²) in [7, 11) is 1.72. The van der Waals surface area contributed by atoms with Crippen molar-refractivity contribution in [2.75, 3.05) is 45.1 Å². The van der Waals surface area contributed by atoms with Gasteiger partial charge in [0.15, 0.2) is 0 Å². The van der Waals surface area contributed by atoms with Gasteiger partial charge >= 0.3 is 6.03 Å². The molecule has 1 aromatic carbocycles. The lowest BCUT2D eigenvalue weighted by atomic mass is 9.66. The van der Waals surface area contributed by atoms with E-state index in [-0.39, 0.29) is 24.2 Å². The standard InChI is InChI=1S/C26H36N6O3/c1-27-22-15-23(33)31(19-29-22)18-26(35)11-13-30(17-25(26)9-5-6-10-25)24(34)32-14-12-28-16-21(32)20-7-3-2-4-8-20/h2-4,7-8,15,19,21,27-28,35H,5-6,9-14,16-18H2,1H3/t21-,26+/m0/s1. The van der Waals surface area contributed by atoms with Crippen molar-refractivity contribution >= 4 is 11.8 Å². The van der Waals surface area contributed by atoms with Crippen molar-refractivity contribution in [1.82, 2.24) is 24.7 Å². The van der Waals surface area contributed by atoms with Gasteiger partial charge in [0.25, 0.3) is 5.56 Å². The molecule has 0 radical (unpaired) electrons. The highest BCUT2D eigenvalue weighted by molar-refractivity contribution is 5.75. The fourth-order valence-corrected chi connectivity index (χ4v) is 6.31. The molecule has 1 aliphatic carbocycles. The molecule has 3 N–H and O–H groups in total. The summed E-state index contributed by atoms with van der Waals surface area (Å²) >= 11 is 0. The van der Waals surface area contributed by atoms with Crippen molar-refractivity contribution in [3.05, 3.63) is 58.6 Å². The normalized spacial score (nSPS) is 26.2. The lowest BCUT2D eigenvalue weighted by Crippen LogP contribution is -2.64. The Labute approximate surface area is 206 Å². The van der Waals surface area contributed by atoms with Crippen LogP contribution in [0.2, 0.25) is 0 Å². The molecule has 35 heavy (non-hydrogen) atoms. The Kier molecular flexibility index (Phi) is 6.55. The number of aliphatic hydroxyl groups is 1. The molecule has 2 atom stereocenters. The van der Waals surface area contributed by atoms with Gasteiger partial charge in [0.05, 0.1) is 24.5 Å². The van der Waals surface area contributed by atoms with Crippen molar-refractivity contribution in [1.29, 1.82) is 0 Å². The van der Waals surface area contributed by atoms with Gasteiger partial charge < -0.3 is 25.5 Å². The molecule has 3 heterocycles. The molecule has 2 aliphatic heterocycles. The van der Waals surface area contributed by atoms with Crippen molar-refractivity contribution in [3.8, 4) is 0 Å². The Bertz CT molecular complexity index is 1100. The van der Waals surface area contributed by atoms with Gasteiger partial charge in [0.1, 0.15) is 5.82 Å². The van der Waals surface area contributed by atoms with Crippen LogP contribution < -0.4 is 16.2 Å². The number of likely N-dealkylation sites (tertiary alicyclic amines) is 1. The SMILES string of the molecule is CNc1cc(=O)n(C[C@]2(O)CCN(C(=O)N3CCNC[C@H]3c3ccccc3)CC23CCCC3)cn1. The molecular formula is C26H36N6O3. The van der Waals surface area contributed by atoms with Crippen LogP contribution in [0.4, 0.5) is 10.6 Å². The number of nitrogens with zero attached hydrogens (tertiary/aromatic N) is 4. The molecule has 3 aliphatic rings. The highest BCUT2D eigenvalue weighted by Gasteiger charge is 2.56. The summed E-state index contributed by atoms with van der Waals surface area (Å²) in [6, 6.07) is 11.7. The summed E-state index contributed by atoms with van der Waals surface area (Å²) in [6.07, 6.45) is 5.72. The zero-order valence-corrected chi connectivity index (χ0v) is 20.4. The van der Waals surface area contributed by atoms with Gasteiger partial charge in [0.2, 0.25) is 0 Å². The van der Waals surface area contributed by atoms with Gasteiger partial charge in [-0.05, 0) is 24.8 Å². The number of piperazine rings is 1. The minimum atomic E-state index is -1.06. The van der Waals surface area contributed by atoms with E-state index in [1.807, 2.05) is 28.0 Å². The molecule has 1 saturated carbocycles. The molecule has 2 aromatic rings. The number of nitrogens with one attached hydrogen (secondary N) is 2. The smallest absolute Gasteiger partial charge is 0.320 e. The molecule has 9 nitrogen and oxygen atoms in total. The third-order valence-electron chi connectivity index (χ3n) is 8.35. The van der Waals surface area contributed by atoms with Crippen LogP contribution >= 0.6 is 0 Å². The second kappa shape index (κ2) is 9.62. The molecular weight excluding hydrogens is 444 g/mol. The first-order valence-electron chi connectivity index (χ1n) is 12.7. The van der Waals surface area contributed by atoms with Crippen molar-refractivity contribution in [2.45, 2.75) is 50.3 Å². The van der Waals surface area contributed by atoms with Crippen LogP contribution in [0.15, 0.2) is 47.5 Å². The maximum atomic E-state index is 13.8. The predicted molar refractivity (Wildman–Crippen MR) is 134 cm³/mol. The number of urea groups is 1. The summed E-state index contributed by atoms with van der Waals surface area (Å²) in [4.78, 5) is 34.7. The van der Waals surface area contributed by atoms with E-state index >= 15 is 0 Å². The van der Waals surface area contributed by atoms with Gasteiger partial charge in [-0.15, -0.1) is 0 Å². The third-order valence-corrected chi connectivity index (χ3v) is 8.35. The number of aromatic nitrogens is 2. The second-order valence-corrected chi connectivity index (χ2v) is 10.3. The van der Waals surface area contributed by atoms with E-state index in [9.17, 15) is 14.7 Å². The maximum Gasteiger partial charge on any atom is 0.320 e. The monoisotopic (exact) mass is 480 g/mol. The Balaban J connectivity index is 1.37. The molecule has 0 unspecified atom stereocenters. The lowest BCUT2D eigenvalue weighted by Gasteiger charge is -2.53. The highest BCUT2D eigenvalue weighted by atomic mass is 16.3. The zero-order valence-electron chi connectivity index (χ0n) is 20.4. The number of benzene rings is 1. The number of hydrogen-bond donors (Lipinski definition) is 3. The Morgan fingerprint density at radius 2 is 1.97 bits per heavy atom. The molecule has 0 bridgehead atoms. The molecule has 188 valence electrons. The average molecular weight is 481 g/mol. The molecule has 5 rings (SSSR count). The summed E-state index contributed by atoms with van der Waals surface area (Å²) in [5.41, 5.74) is -0.530. The average Bonchev–Trinajstić information content (AvgIpc) is 3.37. The van der Waals surface area contributed by atoms with E-state index < -0.39 is 11.0 Å². The van der Waals surface area contributed by atoms with Crippen LogP contribution in [0, 0.1) is 5.41 Å². The van der Waals surface area contributed by atoms with Gasteiger partial charge in [-0.25, -0.2) is 9.78 Å². The number of amides is 2. The first-order valence-corrected chi connectivity index (χ1v) is 12.7. The van der Waals surface area contributed by atoms with Gasteiger partial charge in [0, 0.05) is 51.3 Å². The fourth-order valence-electron chi connectivity index (χ4n) is 6.31. The zero-order chi connectivity index (χ0) is 24.5. The minimum absolute atomic E-state index is 0.00636. The maximum absolute atomic E-state index is 13.8. The molecule has 2 saturated heterocycles. The Hall–Kier alpha value is -2.91. The predicted octanol–water partition coefficient (Wildman–Crippen LogP) is 2.05. The van der Waals surface area contributed by atoms with E-state index in [0.717, 1.165) is 44.3 Å². The molecule has 2 amide bonds. The van der Waals surface area contributed by atoms with Crippen LogP contribution in [0.1, 0.15) is 43.7 Å². The fraction of sp³-hybridized carbons (Fsp3) is 0.577. The summed E-state index contributed by atoms with van der Waals surface area (Å²) in [5, 5.41) is 18.3. The van der Waals surface area contributed by atoms with Crippen LogP contribution in [-0.4, -0.2) is 75.9 Å². The second-order valence-electron chi connectivity index (χ2n) is 10.3. The molecule has 3 fully saturated rings. The summed E-state index contributed by atoms with van der Waals surface area (Å²) in [5.74, 6) is 0.512. The number of carbonyl (C=O) groups is 1. The first kappa shape index (κ1) is 23.8. The Morgan fingerprint density at radius 3 is 2.69 bits per heavy atom. The highest BCUT2D eigenvalue weighted by Crippen LogP contribution is 2.51. The minimum Gasteiger partial charge on any atom is -0.387 e. The molecule has 1 spiro atoms. The van der Waals surface area contributed by atoms with Crippen LogP contribution in [0.25, 0.3) is 0 Å².